The molecule has 6 rings (SSSR count). The number of nitrogens with zero attached hydrogens (tertiary/aromatic N) is 6. The fourth-order valence-corrected chi connectivity index (χ4v) is 6.62. The average molecular weight is 825 g/mol. The molecule has 0 bridgehead atoms. The quantitative estimate of drug-likeness (QED) is 0.0476. The SMILES string of the molecule is CCc1nc(C)oc1C(=O)Nc1nc2cc(C(N)=O)cc(COCCN)c2n1C/C=C/Cn1c(NC(=O)c2oc(C)nc2CC)nc2cc(C(N)=O)cc(OCCCN)c21. The van der Waals surface area contributed by atoms with Crippen molar-refractivity contribution in [1.29, 1.82) is 0 Å². The summed E-state index contributed by atoms with van der Waals surface area (Å²) in [6, 6.07) is 6.18. The molecule has 0 aliphatic carbocycles. The summed E-state index contributed by atoms with van der Waals surface area (Å²) in [4.78, 5) is 70.1. The zero-order valence-electron chi connectivity index (χ0n) is 33.8. The van der Waals surface area contributed by atoms with Gasteiger partial charge in [-0.2, -0.15) is 0 Å². The lowest BCUT2D eigenvalue weighted by Crippen LogP contribution is -2.17. The smallest absolute Gasteiger partial charge is 0.295 e. The first kappa shape index (κ1) is 42.7. The van der Waals surface area contributed by atoms with Crippen LogP contribution in [0.3, 0.4) is 0 Å². The van der Waals surface area contributed by atoms with E-state index in [0.29, 0.717) is 82.4 Å². The highest BCUT2D eigenvalue weighted by molar-refractivity contribution is 6.05. The topological polar surface area (TPSA) is 303 Å². The van der Waals surface area contributed by atoms with Crippen LogP contribution in [0.1, 0.15) is 90.8 Å². The molecule has 316 valence electrons. The number of aryl methyl sites for hydroxylation is 4. The maximum atomic E-state index is 13.6. The molecule has 0 radical (unpaired) electrons. The van der Waals surface area contributed by atoms with Crippen LogP contribution in [0.25, 0.3) is 22.1 Å². The lowest BCUT2D eigenvalue weighted by Gasteiger charge is -2.13. The van der Waals surface area contributed by atoms with Gasteiger partial charge in [-0.1, -0.05) is 26.0 Å². The Hall–Kier alpha value is -6.90. The summed E-state index contributed by atoms with van der Waals surface area (Å²) in [5, 5.41) is 5.70. The van der Waals surface area contributed by atoms with Gasteiger partial charge in [0, 0.05) is 50.2 Å². The number of amides is 4. The van der Waals surface area contributed by atoms with E-state index in [0.717, 1.165) is 0 Å². The third-order valence-corrected chi connectivity index (χ3v) is 9.31. The maximum Gasteiger partial charge on any atom is 0.295 e. The third kappa shape index (κ3) is 9.20. The van der Waals surface area contributed by atoms with Crippen molar-refractivity contribution < 1.29 is 37.5 Å². The molecule has 60 heavy (non-hydrogen) atoms. The van der Waals surface area contributed by atoms with Gasteiger partial charge in [-0.05, 0) is 50.1 Å². The lowest BCUT2D eigenvalue weighted by atomic mass is 10.1. The van der Waals surface area contributed by atoms with Crippen LogP contribution in [0, 0.1) is 13.8 Å². The summed E-state index contributed by atoms with van der Waals surface area (Å²) < 4.78 is 26.6. The summed E-state index contributed by atoms with van der Waals surface area (Å²) in [5.41, 5.74) is 26.4. The van der Waals surface area contributed by atoms with Gasteiger partial charge >= 0.3 is 0 Å². The van der Waals surface area contributed by atoms with E-state index in [1.807, 2.05) is 26.0 Å². The zero-order chi connectivity index (χ0) is 43.1. The minimum Gasteiger partial charge on any atom is -0.491 e. The minimum absolute atomic E-state index is 0.0419. The second-order valence-corrected chi connectivity index (χ2v) is 13.6. The van der Waals surface area contributed by atoms with Crippen LogP contribution in [-0.4, -0.2) is 79.0 Å². The third-order valence-electron chi connectivity index (χ3n) is 9.31. The first-order chi connectivity index (χ1) is 28.9. The predicted molar refractivity (Wildman–Crippen MR) is 221 cm³/mol. The van der Waals surface area contributed by atoms with E-state index >= 15 is 0 Å². The number of aromatic nitrogens is 6. The highest BCUT2D eigenvalue weighted by Gasteiger charge is 2.25. The molecule has 0 unspecified atom stereocenters. The van der Waals surface area contributed by atoms with Crippen molar-refractivity contribution in [1.82, 2.24) is 29.1 Å². The van der Waals surface area contributed by atoms with E-state index in [4.69, 9.17) is 46.2 Å². The number of hydrogen-bond acceptors (Lipinski definition) is 14. The van der Waals surface area contributed by atoms with E-state index in [9.17, 15) is 19.2 Å². The zero-order valence-corrected chi connectivity index (χ0v) is 33.8. The lowest BCUT2D eigenvalue weighted by molar-refractivity contribution is 0.0985. The Morgan fingerprint density at radius 1 is 0.717 bits per heavy atom. The molecule has 6 aromatic rings. The molecular formula is C40H48N12O8. The maximum absolute atomic E-state index is 13.6. The number of carbonyl (C=O) groups excluding carboxylic acids is 4. The molecule has 0 atom stereocenters. The van der Waals surface area contributed by atoms with E-state index in [2.05, 4.69) is 25.6 Å². The largest absolute Gasteiger partial charge is 0.491 e. The van der Waals surface area contributed by atoms with E-state index in [1.165, 1.54) is 18.2 Å². The molecule has 4 heterocycles. The molecule has 20 heteroatoms. The van der Waals surface area contributed by atoms with Gasteiger partial charge < -0.3 is 50.4 Å². The summed E-state index contributed by atoms with van der Waals surface area (Å²) in [6.07, 6.45) is 5.06. The number of oxazole rings is 2. The van der Waals surface area contributed by atoms with Crippen molar-refractivity contribution in [2.45, 2.75) is 66.7 Å². The summed E-state index contributed by atoms with van der Waals surface area (Å²) in [6.45, 7) is 8.45. The summed E-state index contributed by atoms with van der Waals surface area (Å²) >= 11 is 0. The van der Waals surface area contributed by atoms with Gasteiger partial charge in [0.1, 0.15) is 11.3 Å². The summed E-state index contributed by atoms with van der Waals surface area (Å²) in [5.74, 6) is -1.19. The van der Waals surface area contributed by atoms with Crippen molar-refractivity contribution in [3.05, 3.63) is 87.8 Å². The molecule has 0 fully saturated rings. The number of benzene rings is 2. The second kappa shape index (κ2) is 18.8. The number of allylic oxidation sites excluding steroid dienone is 2. The standard InChI is InChI=1S/C40H48N12O8/c1-5-26-33(59-21(3)45-26)37(55)49-39-47-28-17-23(35(43)53)16-25(20-57-15-11-42)31(28)51(39)12-7-8-13-52-32-29(18-24(36(44)54)19-30(32)58-14-9-10-41)48-40(52)50-38(56)34-27(6-2)46-22(4)60-34/h7-8,16-19H,5-6,9-15,20,41-42H2,1-4H3,(H2,43,53)(H2,44,54)(H,47,49,55)(H,48,50,56)/b8-7+. The molecule has 4 amide bonds. The van der Waals surface area contributed by atoms with Gasteiger partial charge in [0.15, 0.2) is 11.8 Å². The number of hydrogen-bond donors (Lipinski definition) is 6. The van der Waals surface area contributed by atoms with Gasteiger partial charge in [0.25, 0.3) is 11.8 Å². The molecule has 0 spiro atoms. The second-order valence-electron chi connectivity index (χ2n) is 13.6. The Balaban J connectivity index is 1.43. The number of nitrogens with two attached hydrogens (primary N) is 4. The Labute approximate surface area is 343 Å². The van der Waals surface area contributed by atoms with Crippen LogP contribution >= 0.6 is 0 Å². The van der Waals surface area contributed by atoms with Crippen molar-refractivity contribution in [3.63, 3.8) is 0 Å². The highest BCUT2D eigenvalue weighted by atomic mass is 16.5. The highest BCUT2D eigenvalue weighted by Crippen LogP contribution is 2.32. The van der Waals surface area contributed by atoms with E-state index < -0.39 is 23.6 Å². The number of imidazole rings is 2. The Morgan fingerprint density at radius 3 is 1.73 bits per heavy atom. The van der Waals surface area contributed by atoms with Crippen LogP contribution in [0.4, 0.5) is 11.9 Å². The first-order valence-electron chi connectivity index (χ1n) is 19.3. The van der Waals surface area contributed by atoms with Crippen molar-refractivity contribution in [3.8, 4) is 5.75 Å². The van der Waals surface area contributed by atoms with Gasteiger partial charge in [0.05, 0.1) is 47.8 Å². The van der Waals surface area contributed by atoms with Crippen LogP contribution in [0.5, 0.6) is 5.75 Å². The van der Waals surface area contributed by atoms with Crippen molar-refractivity contribution in [2.24, 2.45) is 22.9 Å². The average Bonchev–Trinajstić information content (AvgIpc) is 3.98. The van der Waals surface area contributed by atoms with Gasteiger partial charge in [-0.25, -0.2) is 19.9 Å². The molecule has 20 nitrogen and oxygen atoms in total. The van der Waals surface area contributed by atoms with Gasteiger partial charge in [-0.15, -0.1) is 0 Å². The molecule has 0 saturated carbocycles. The molecular weight excluding hydrogens is 777 g/mol. The fraction of sp³-hybridized carbons (Fsp3) is 0.350. The Morgan fingerprint density at radius 2 is 1.23 bits per heavy atom. The molecule has 10 N–H and O–H groups in total. The van der Waals surface area contributed by atoms with Gasteiger partial charge in [0.2, 0.25) is 35.2 Å². The Kier molecular flexibility index (Phi) is 13.4. The number of nitrogens with one attached hydrogen (secondary N) is 2. The van der Waals surface area contributed by atoms with Crippen molar-refractivity contribution in [2.75, 3.05) is 36.9 Å². The van der Waals surface area contributed by atoms with Crippen LogP contribution in [0.2, 0.25) is 0 Å². The minimum atomic E-state index is -0.694. The van der Waals surface area contributed by atoms with Crippen LogP contribution < -0.4 is 38.3 Å². The van der Waals surface area contributed by atoms with Crippen LogP contribution in [-0.2, 0) is 37.3 Å². The molecule has 0 aliphatic rings. The normalized spacial score (nSPS) is 11.6. The number of anilines is 2. The predicted octanol–water partition coefficient (Wildman–Crippen LogP) is 3.27. The monoisotopic (exact) mass is 824 g/mol. The van der Waals surface area contributed by atoms with Gasteiger partial charge in [-0.3, -0.25) is 29.8 Å². The number of primary amides is 2. The van der Waals surface area contributed by atoms with Crippen LogP contribution in [0.15, 0.2) is 45.3 Å². The van der Waals surface area contributed by atoms with E-state index in [1.54, 1.807) is 29.0 Å². The first-order valence-corrected chi connectivity index (χ1v) is 19.3. The van der Waals surface area contributed by atoms with Crippen molar-refractivity contribution >= 4 is 57.6 Å². The molecule has 0 saturated heterocycles. The number of rotatable bonds is 20. The number of fused-ring (bicyclic) bond motifs is 2. The molecule has 0 aliphatic heterocycles. The molecule has 4 aromatic heterocycles. The number of ether oxygens (including phenoxy) is 2. The van der Waals surface area contributed by atoms with E-state index in [-0.39, 0.29) is 74.0 Å². The fourth-order valence-electron chi connectivity index (χ4n) is 6.62. The molecule has 2 aromatic carbocycles. The number of carbonyl (C=O) groups is 4. The Bertz CT molecular complexity index is 2420. The summed E-state index contributed by atoms with van der Waals surface area (Å²) in [7, 11) is 0.